The van der Waals surface area contributed by atoms with E-state index in [0.717, 1.165) is 23.6 Å². The Morgan fingerprint density at radius 3 is 2.70 bits per heavy atom. The third-order valence-corrected chi connectivity index (χ3v) is 4.07. The lowest BCUT2D eigenvalue weighted by Crippen LogP contribution is -2.32. The summed E-state index contributed by atoms with van der Waals surface area (Å²) in [4.78, 5) is 10.7. The number of anilines is 1. The number of hydrogen-bond acceptors (Lipinski definition) is 4. The topological polar surface area (TPSA) is 34.6 Å². The molecule has 0 unspecified atom stereocenters. The van der Waals surface area contributed by atoms with Crippen molar-refractivity contribution in [3.63, 3.8) is 0 Å². The second kappa shape index (κ2) is 6.84. The molecule has 1 aromatic carbocycles. The molecule has 0 aliphatic carbocycles. The van der Waals surface area contributed by atoms with E-state index in [4.69, 9.17) is 9.57 Å². The fourth-order valence-corrected chi connectivity index (χ4v) is 2.73. The second-order valence-electron chi connectivity index (χ2n) is 5.64. The van der Waals surface area contributed by atoms with Crippen molar-refractivity contribution in [1.29, 1.82) is 0 Å². The Bertz CT molecular complexity index is 695. The van der Waals surface area contributed by atoms with Crippen LogP contribution in [0.25, 0.3) is 0 Å². The Hall–Kier alpha value is -2.33. The molecule has 1 aromatic heterocycles. The molecular formula is C19H22N2O2. The summed E-state index contributed by atoms with van der Waals surface area (Å²) in [5.74, 6) is 1.69. The lowest BCUT2D eigenvalue weighted by Gasteiger charge is -2.33. The summed E-state index contributed by atoms with van der Waals surface area (Å²) in [5, 5.41) is 1.86. The van der Waals surface area contributed by atoms with Gasteiger partial charge in [0.25, 0.3) is 0 Å². The molecule has 4 heteroatoms. The highest BCUT2D eigenvalue weighted by Crippen LogP contribution is 2.34. The molecule has 2 aromatic rings. The molecule has 2 heterocycles. The van der Waals surface area contributed by atoms with Gasteiger partial charge in [0.15, 0.2) is 5.82 Å². The van der Waals surface area contributed by atoms with Crippen molar-refractivity contribution in [3.8, 4) is 5.75 Å². The average Bonchev–Trinajstić information content (AvgIpc) is 2.61. The summed E-state index contributed by atoms with van der Waals surface area (Å²) < 4.78 is 5.24. The predicted molar refractivity (Wildman–Crippen MR) is 91.5 cm³/mol. The highest BCUT2D eigenvalue weighted by molar-refractivity contribution is 5.42. The molecule has 0 radical (unpaired) electrons. The Labute approximate surface area is 137 Å². The summed E-state index contributed by atoms with van der Waals surface area (Å²) in [6.07, 6.45) is 4.94. The van der Waals surface area contributed by atoms with E-state index in [1.807, 2.05) is 35.5 Å². The zero-order chi connectivity index (χ0) is 16.2. The summed E-state index contributed by atoms with van der Waals surface area (Å²) >= 11 is 0. The van der Waals surface area contributed by atoms with E-state index in [1.54, 1.807) is 7.11 Å². The maximum absolute atomic E-state index is 6.25. The third-order valence-electron chi connectivity index (χ3n) is 4.07. The molecule has 23 heavy (non-hydrogen) atoms. The van der Waals surface area contributed by atoms with Crippen molar-refractivity contribution in [2.45, 2.75) is 26.4 Å². The molecule has 1 aliphatic rings. The second-order valence-corrected chi connectivity index (χ2v) is 5.64. The number of pyridine rings is 1. The number of aromatic nitrogens is 1. The first-order valence-corrected chi connectivity index (χ1v) is 7.91. The van der Waals surface area contributed by atoms with Gasteiger partial charge in [0.05, 0.1) is 13.7 Å². The number of hydrogen-bond donors (Lipinski definition) is 0. The maximum Gasteiger partial charge on any atom is 0.152 e. The van der Waals surface area contributed by atoms with Gasteiger partial charge in [-0.2, -0.15) is 0 Å². The van der Waals surface area contributed by atoms with Gasteiger partial charge in [-0.3, -0.25) is 4.84 Å². The summed E-state index contributed by atoms with van der Waals surface area (Å²) in [7, 11) is 1.68. The molecule has 120 valence electrons. The first-order chi connectivity index (χ1) is 11.2. The highest BCUT2D eigenvalue weighted by atomic mass is 16.7. The van der Waals surface area contributed by atoms with Crippen LogP contribution < -0.4 is 9.80 Å². The monoisotopic (exact) mass is 310 g/mol. The van der Waals surface area contributed by atoms with Gasteiger partial charge < -0.3 is 4.74 Å². The predicted octanol–water partition coefficient (Wildman–Crippen LogP) is 4.23. The lowest BCUT2D eigenvalue weighted by molar-refractivity contribution is 0.0464. The molecule has 1 atom stereocenters. The van der Waals surface area contributed by atoms with E-state index in [1.165, 1.54) is 11.1 Å². The third kappa shape index (κ3) is 3.37. The summed E-state index contributed by atoms with van der Waals surface area (Å²) in [6, 6.07) is 12.1. The number of methoxy groups -OCH3 is 1. The number of benzene rings is 1. The van der Waals surface area contributed by atoms with Crippen molar-refractivity contribution in [1.82, 2.24) is 4.98 Å². The minimum Gasteiger partial charge on any atom is -0.497 e. The number of hydroxylamine groups is 1. The zero-order valence-corrected chi connectivity index (χ0v) is 13.8. The highest BCUT2D eigenvalue weighted by Gasteiger charge is 2.25. The van der Waals surface area contributed by atoms with Crippen LogP contribution in [0.15, 0.2) is 54.2 Å². The Kier molecular flexibility index (Phi) is 4.63. The van der Waals surface area contributed by atoms with E-state index >= 15 is 0 Å². The van der Waals surface area contributed by atoms with Crippen LogP contribution in [0.5, 0.6) is 5.75 Å². The minimum atomic E-state index is -0.0815. The zero-order valence-electron chi connectivity index (χ0n) is 13.8. The number of ether oxygens (including phenoxy) is 1. The van der Waals surface area contributed by atoms with Crippen LogP contribution in [0.1, 0.15) is 30.6 Å². The number of nitrogens with zero attached hydrogens (tertiary/aromatic N) is 2. The molecule has 0 saturated carbocycles. The van der Waals surface area contributed by atoms with Gasteiger partial charge in [0.1, 0.15) is 11.9 Å². The molecule has 0 fully saturated rings. The lowest BCUT2D eigenvalue weighted by atomic mass is 9.98. The van der Waals surface area contributed by atoms with E-state index in [-0.39, 0.29) is 6.10 Å². The Morgan fingerprint density at radius 2 is 2.04 bits per heavy atom. The van der Waals surface area contributed by atoms with Crippen LogP contribution in [0.2, 0.25) is 0 Å². The molecule has 1 aliphatic heterocycles. The van der Waals surface area contributed by atoms with Crippen molar-refractivity contribution >= 4 is 5.82 Å². The Morgan fingerprint density at radius 1 is 1.26 bits per heavy atom. The molecule has 0 N–H and O–H groups in total. The van der Waals surface area contributed by atoms with Crippen molar-refractivity contribution < 1.29 is 9.57 Å². The summed E-state index contributed by atoms with van der Waals surface area (Å²) in [5.41, 5.74) is 3.58. The largest absolute Gasteiger partial charge is 0.497 e. The molecule has 0 amide bonds. The van der Waals surface area contributed by atoms with Gasteiger partial charge in [0, 0.05) is 6.20 Å². The molecule has 0 saturated heterocycles. The molecular weight excluding hydrogens is 288 g/mol. The van der Waals surface area contributed by atoms with Gasteiger partial charge in [-0.05, 0) is 54.3 Å². The minimum absolute atomic E-state index is 0.0815. The number of aryl methyl sites for hydroxylation is 1. The fraction of sp³-hybridized carbons (Fsp3) is 0.316. The average molecular weight is 310 g/mol. The van der Waals surface area contributed by atoms with Gasteiger partial charge in [-0.15, -0.1) is 0 Å². The van der Waals surface area contributed by atoms with E-state index in [9.17, 15) is 0 Å². The van der Waals surface area contributed by atoms with Crippen molar-refractivity contribution in [2.24, 2.45) is 0 Å². The standard InChI is InChI=1S/C19H22N2O2/c1-4-15-10-12-21(18-13-14(2)9-11-20-18)23-19(15)16-5-7-17(22-3)8-6-16/h5-11,13,19H,4,12H2,1-3H3/t19-/m1/s1. The molecule has 4 nitrogen and oxygen atoms in total. The normalized spacial score (nSPS) is 17.8. The smallest absolute Gasteiger partial charge is 0.152 e. The molecule has 0 spiro atoms. The molecule has 3 rings (SSSR count). The van der Waals surface area contributed by atoms with Gasteiger partial charge in [0.2, 0.25) is 0 Å². The quantitative estimate of drug-likeness (QED) is 0.792. The van der Waals surface area contributed by atoms with Crippen LogP contribution >= 0.6 is 0 Å². The molecule has 0 bridgehead atoms. The van der Waals surface area contributed by atoms with Gasteiger partial charge in [-0.1, -0.05) is 25.1 Å². The van der Waals surface area contributed by atoms with E-state index in [0.29, 0.717) is 6.54 Å². The van der Waals surface area contributed by atoms with Crippen molar-refractivity contribution in [3.05, 3.63) is 65.4 Å². The SMILES string of the molecule is CCC1=CCN(c2cc(C)ccn2)O[C@H]1c1ccc(OC)cc1. The van der Waals surface area contributed by atoms with Crippen LogP contribution in [0, 0.1) is 6.92 Å². The Balaban J connectivity index is 1.88. The van der Waals surface area contributed by atoms with Gasteiger partial charge >= 0.3 is 0 Å². The van der Waals surface area contributed by atoms with Crippen LogP contribution in [-0.2, 0) is 4.84 Å². The first kappa shape index (κ1) is 15.6. The van der Waals surface area contributed by atoms with E-state index < -0.39 is 0 Å². The summed E-state index contributed by atoms with van der Waals surface area (Å²) in [6.45, 7) is 4.93. The first-order valence-electron chi connectivity index (χ1n) is 7.91. The van der Waals surface area contributed by atoms with Crippen LogP contribution in [0.3, 0.4) is 0 Å². The van der Waals surface area contributed by atoms with Crippen LogP contribution in [0.4, 0.5) is 5.82 Å². The number of rotatable bonds is 4. The van der Waals surface area contributed by atoms with Crippen LogP contribution in [-0.4, -0.2) is 18.6 Å². The van der Waals surface area contributed by atoms with Crippen molar-refractivity contribution in [2.75, 3.05) is 18.7 Å². The maximum atomic E-state index is 6.25. The van der Waals surface area contributed by atoms with E-state index in [2.05, 4.69) is 37.0 Å². The fourth-order valence-electron chi connectivity index (χ4n) is 2.73. The van der Waals surface area contributed by atoms with Gasteiger partial charge in [-0.25, -0.2) is 10.0 Å².